The smallest absolute Gasteiger partial charge is 0.216 e. The van der Waals surface area contributed by atoms with E-state index in [9.17, 15) is 4.39 Å². The number of fused-ring (bicyclic) bond motifs is 4. The van der Waals surface area contributed by atoms with Gasteiger partial charge in [0.15, 0.2) is 0 Å². The molecule has 2 atom stereocenters. The zero-order valence-electron chi connectivity index (χ0n) is 7.20. The molecule has 13 heavy (non-hydrogen) atoms. The Morgan fingerprint density at radius 1 is 1.38 bits per heavy atom. The highest BCUT2D eigenvalue weighted by Crippen LogP contribution is 2.41. The zero-order valence-corrected chi connectivity index (χ0v) is 7.20. The van der Waals surface area contributed by atoms with Gasteiger partial charge < -0.3 is 0 Å². The molecular formula is C11H10FN. The van der Waals surface area contributed by atoms with Crippen LogP contribution < -0.4 is 0 Å². The van der Waals surface area contributed by atoms with Gasteiger partial charge in [0, 0.05) is 17.7 Å². The average molecular weight is 175 g/mol. The van der Waals surface area contributed by atoms with Gasteiger partial charge in [-0.2, -0.15) is 4.39 Å². The minimum Gasteiger partial charge on any atom is -0.228 e. The van der Waals surface area contributed by atoms with Crippen LogP contribution in [-0.2, 0) is 6.42 Å². The van der Waals surface area contributed by atoms with E-state index in [2.05, 4.69) is 17.1 Å². The van der Waals surface area contributed by atoms with Crippen LogP contribution in [0.25, 0.3) is 0 Å². The summed E-state index contributed by atoms with van der Waals surface area (Å²) in [5, 5.41) is 0. The molecule has 0 N–H and O–H groups in total. The molecule has 0 radical (unpaired) electrons. The first-order chi connectivity index (χ1) is 6.34. The fourth-order valence-corrected chi connectivity index (χ4v) is 2.45. The van der Waals surface area contributed by atoms with E-state index in [1.165, 1.54) is 0 Å². The van der Waals surface area contributed by atoms with Gasteiger partial charge in [0.2, 0.25) is 5.95 Å². The summed E-state index contributed by atoms with van der Waals surface area (Å²) in [4.78, 5) is 3.69. The van der Waals surface area contributed by atoms with E-state index < -0.39 is 0 Å². The number of aromatic nitrogens is 1. The Morgan fingerprint density at radius 3 is 3.23 bits per heavy atom. The van der Waals surface area contributed by atoms with E-state index in [1.807, 2.05) is 6.07 Å². The van der Waals surface area contributed by atoms with Crippen LogP contribution in [-0.4, -0.2) is 4.98 Å². The molecule has 0 aliphatic heterocycles. The number of rotatable bonds is 0. The van der Waals surface area contributed by atoms with E-state index in [1.54, 1.807) is 6.20 Å². The third kappa shape index (κ3) is 0.947. The van der Waals surface area contributed by atoms with Crippen molar-refractivity contribution in [1.82, 2.24) is 4.98 Å². The van der Waals surface area contributed by atoms with E-state index in [4.69, 9.17) is 0 Å². The van der Waals surface area contributed by atoms with E-state index in [0.717, 1.165) is 24.0 Å². The maximum atomic E-state index is 13.3. The van der Waals surface area contributed by atoms with Gasteiger partial charge in [0.1, 0.15) is 0 Å². The Labute approximate surface area is 76.3 Å². The van der Waals surface area contributed by atoms with Gasteiger partial charge in [0.25, 0.3) is 0 Å². The largest absolute Gasteiger partial charge is 0.228 e. The number of hydrogen-bond acceptors (Lipinski definition) is 1. The predicted octanol–water partition coefficient (Wildman–Crippen LogP) is 2.44. The van der Waals surface area contributed by atoms with Crippen molar-refractivity contribution in [2.75, 3.05) is 0 Å². The summed E-state index contributed by atoms with van der Waals surface area (Å²) >= 11 is 0. The monoisotopic (exact) mass is 175 g/mol. The molecule has 1 aromatic heterocycles. The van der Waals surface area contributed by atoms with Gasteiger partial charge >= 0.3 is 0 Å². The van der Waals surface area contributed by atoms with Crippen LogP contribution in [0.2, 0.25) is 0 Å². The number of hydrogen-bond donors (Lipinski definition) is 0. The van der Waals surface area contributed by atoms with Crippen molar-refractivity contribution in [2.24, 2.45) is 5.92 Å². The Hall–Kier alpha value is -1.18. The van der Waals surface area contributed by atoms with Crippen LogP contribution in [0.5, 0.6) is 0 Å². The summed E-state index contributed by atoms with van der Waals surface area (Å²) in [5.41, 5.74) is 1.99. The molecule has 2 heteroatoms. The molecule has 1 nitrogen and oxygen atoms in total. The van der Waals surface area contributed by atoms with Crippen molar-refractivity contribution in [3.63, 3.8) is 0 Å². The molecule has 0 saturated carbocycles. The average Bonchev–Trinajstić information content (AvgIpc) is 2.51. The summed E-state index contributed by atoms with van der Waals surface area (Å²) in [5.74, 6) is 0.735. The van der Waals surface area contributed by atoms with E-state index >= 15 is 0 Å². The van der Waals surface area contributed by atoms with Crippen molar-refractivity contribution in [3.8, 4) is 0 Å². The summed E-state index contributed by atoms with van der Waals surface area (Å²) < 4.78 is 13.3. The lowest BCUT2D eigenvalue weighted by molar-refractivity contribution is 0.499. The lowest BCUT2D eigenvalue weighted by Gasteiger charge is -2.22. The highest BCUT2D eigenvalue weighted by molar-refractivity contribution is 5.38. The first-order valence-corrected chi connectivity index (χ1v) is 4.66. The maximum Gasteiger partial charge on any atom is 0.216 e. The molecule has 0 aromatic carbocycles. The second kappa shape index (κ2) is 2.41. The van der Waals surface area contributed by atoms with Crippen molar-refractivity contribution < 1.29 is 4.39 Å². The molecule has 2 unspecified atom stereocenters. The summed E-state index contributed by atoms with van der Waals surface area (Å²) in [7, 11) is 0. The van der Waals surface area contributed by atoms with Crippen molar-refractivity contribution in [1.29, 1.82) is 0 Å². The van der Waals surface area contributed by atoms with Crippen LogP contribution >= 0.6 is 0 Å². The highest BCUT2D eigenvalue weighted by atomic mass is 19.1. The first-order valence-electron chi connectivity index (χ1n) is 4.66. The van der Waals surface area contributed by atoms with Gasteiger partial charge in [-0.1, -0.05) is 12.2 Å². The van der Waals surface area contributed by atoms with Crippen LogP contribution in [0.15, 0.2) is 24.4 Å². The standard InChI is InChI=1S/C11H10FN/c12-11-10-6-7-1-2-8(5-7)9(10)3-4-13-11/h1-4,7-8H,5-6H2. The fraction of sp³-hybridized carbons (Fsp3) is 0.364. The Morgan fingerprint density at radius 2 is 2.31 bits per heavy atom. The molecule has 0 fully saturated rings. The predicted molar refractivity (Wildman–Crippen MR) is 47.9 cm³/mol. The molecular weight excluding hydrogens is 165 g/mol. The van der Waals surface area contributed by atoms with Gasteiger partial charge in [-0.05, 0) is 30.4 Å². The number of nitrogens with zero attached hydrogens (tertiary/aromatic N) is 1. The molecule has 66 valence electrons. The second-order valence-electron chi connectivity index (χ2n) is 3.86. The molecule has 2 aliphatic carbocycles. The second-order valence-corrected chi connectivity index (χ2v) is 3.86. The number of halogens is 1. The van der Waals surface area contributed by atoms with Gasteiger partial charge in [0.05, 0.1) is 0 Å². The minimum absolute atomic E-state index is 0.268. The quantitative estimate of drug-likeness (QED) is 0.436. The topological polar surface area (TPSA) is 12.9 Å². The molecule has 1 aromatic rings. The molecule has 0 saturated heterocycles. The zero-order chi connectivity index (χ0) is 8.84. The lowest BCUT2D eigenvalue weighted by Crippen LogP contribution is -2.13. The number of allylic oxidation sites excluding steroid dienone is 2. The first kappa shape index (κ1) is 7.25. The van der Waals surface area contributed by atoms with Crippen LogP contribution in [0.1, 0.15) is 23.5 Å². The van der Waals surface area contributed by atoms with Crippen LogP contribution in [0.3, 0.4) is 0 Å². The molecule has 0 amide bonds. The molecule has 2 aliphatic rings. The summed E-state index contributed by atoms with van der Waals surface area (Å²) in [6, 6.07) is 1.95. The third-order valence-electron chi connectivity index (χ3n) is 3.08. The van der Waals surface area contributed by atoms with Gasteiger partial charge in [-0.15, -0.1) is 0 Å². The van der Waals surface area contributed by atoms with Crippen LogP contribution in [0.4, 0.5) is 4.39 Å². The van der Waals surface area contributed by atoms with Gasteiger partial charge in [-0.3, -0.25) is 0 Å². The number of pyridine rings is 1. The lowest BCUT2D eigenvalue weighted by atomic mass is 9.83. The molecule has 0 spiro atoms. The van der Waals surface area contributed by atoms with E-state index in [-0.39, 0.29) is 5.95 Å². The molecule has 3 rings (SSSR count). The Bertz CT molecular complexity index is 384. The Kier molecular flexibility index (Phi) is 1.34. The van der Waals surface area contributed by atoms with Crippen LogP contribution in [0, 0.1) is 11.9 Å². The van der Waals surface area contributed by atoms with Crippen molar-refractivity contribution in [2.45, 2.75) is 18.8 Å². The minimum atomic E-state index is -0.268. The molecule has 1 heterocycles. The maximum absolute atomic E-state index is 13.3. The summed E-state index contributed by atoms with van der Waals surface area (Å²) in [6.45, 7) is 0. The normalized spacial score (nSPS) is 29.0. The Balaban J connectivity index is 2.20. The van der Waals surface area contributed by atoms with Crippen molar-refractivity contribution >= 4 is 0 Å². The SMILES string of the molecule is Fc1nccc2c1CC1C=CC2C1. The molecule has 2 bridgehead atoms. The third-order valence-corrected chi connectivity index (χ3v) is 3.08. The van der Waals surface area contributed by atoms with Gasteiger partial charge in [-0.25, -0.2) is 4.98 Å². The fourth-order valence-electron chi connectivity index (χ4n) is 2.45. The van der Waals surface area contributed by atoms with Crippen molar-refractivity contribution in [3.05, 3.63) is 41.5 Å². The highest BCUT2D eigenvalue weighted by Gasteiger charge is 2.30. The summed E-state index contributed by atoms with van der Waals surface area (Å²) in [6.07, 6.45) is 7.99. The van der Waals surface area contributed by atoms with E-state index in [0.29, 0.717) is 11.8 Å².